The minimum atomic E-state index is -0.0359. The fourth-order valence-electron chi connectivity index (χ4n) is 2.38. The highest BCUT2D eigenvalue weighted by Gasteiger charge is 2.11. The highest BCUT2D eigenvalue weighted by molar-refractivity contribution is 5.74. The Bertz CT molecular complexity index is 614. The Hall–Kier alpha value is -2.49. The van der Waals surface area contributed by atoms with Crippen LogP contribution in [0.2, 0.25) is 0 Å². The number of amides is 2. The SMILES string of the molecule is CCN(CCc1ccccc1)C(=O)NCc1cccc(OC)c1. The molecule has 0 fully saturated rings. The van der Waals surface area contributed by atoms with Gasteiger partial charge in [-0.1, -0.05) is 42.5 Å². The number of carbonyl (C=O) groups is 1. The molecule has 0 aliphatic carbocycles. The van der Waals surface area contributed by atoms with Gasteiger partial charge in [0, 0.05) is 19.6 Å². The van der Waals surface area contributed by atoms with Crippen molar-refractivity contribution in [3.05, 3.63) is 65.7 Å². The van der Waals surface area contributed by atoms with Crippen LogP contribution >= 0.6 is 0 Å². The summed E-state index contributed by atoms with van der Waals surface area (Å²) in [5.74, 6) is 0.799. The van der Waals surface area contributed by atoms with Gasteiger partial charge < -0.3 is 15.0 Å². The summed E-state index contributed by atoms with van der Waals surface area (Å²) in [5, 5.41) is 2.97. The van der Waals surface area contributed by atoms with E-state index in [9.17, 15) is 4.79 Å². The molecule has 2 rings (SSSR count). The Balaban J connectivity index is 1.84. The lowest BCUT2D eigenvalue weighted by Gasteiger charge is -2.21. The summed E-state index contributed by atoms with van der Waals surface area (Å²) >= 11 is 0. The Morgan fingerprint density at radius 3 is 2.52 bits per heavy atom. The Morgan fingerprint density at radius 2 is 1.83 bits per heavy atom. The van der Waals surface area contributed by atoms with Crippen molar-refractivity contribution in [1.29, 1.82) is 0 Å². The molecule has 4 nitrogen and oxygen atoms in total. The number of hydrogen-bond donors (Lipinski definition) is 1. The van der Waals surface area contributed by atoms with Crippen LogP contribution < -0.4 is 10.1 Å². The molecule has 0 saturated carbocycles. The minimum absolute atomic E-state index is 0.0359. The molecule has 0 saturated heterocycles. The maximum atomic E-state index is 12.3. The van der Waals surface area contributed by atoms with Crippen molar-refractivity contribution in [1.82, 2.24) is 10.2 Å². The molecule has 1 N–H and O–H groups in total. The van der Waals surface area contributed by atoms with E-state index in [4.69, 9.17) is 4.74 Å². The molecule has 122 valence electrons. The number of ether oxygens (including phenoxy) is 1. The van der Waals surface area contributed by atoms with Gasteiger partial charge in [-0.05, 0) is 36.6 Å². The van der Waals surface area contributed by atoms with Gasteiger partial charge in [0.15, 0.2) is 0 Å². The number of nitrogens with one attached hydrogen (secondary N) is 1. The number of carbonyl (C=O) groups excluding carboxylic acids is 1. The first-order valence-corrected chi connectivity index (χ1v) is 7.92. The van der Waals surface area contributed by atoms with Gasteiger partial charge in [-0.25, -0.2) is 4.79 Å². The molecule has 0 spiro atoms. The van der Waals surface area contributed by atoms with E-state index in [1.54, 1.807) is 7.11 Å². The smallest absolute Gasteiger partial charge is 0.317 e. The van der Waals surface area contributed by atoms with Crippen LogP contribution in [0.5, 0.6) is 5.75 Å². The summed E-state index contributed by atoms with van der Waals surface area (Å²) in [5.41, 5.74) is 2.27. The number of benzene rings is 2. The average Bonchev–Trinajstić information content (AvgIpc) is 2.61. The van der Waals surface area contributed by atoms with Gasteiger partial charge >= 0.3 is 6.03 Å². The number of urea groups is 1. The van der Waals surface area contributed by atoms with Gasteiger partial charge in [0.1, 0.15) is 5.75 Å². The quantitative estimate of drug-likeness (QED) is 0.850. The molecule has 0 unspecified atom stereocenters. The fourth-order valence-corrected chi connectivity index (χ4v) is 2.38. The van der Waals surface area contributed by atoms with Gasteiger partial charge in [-0.15, -0.1) is 0 Å². The molecule has 0 heterocycles. The molecule has 2 amide bonds. The van der Waals surface area contributed by atoms with Crippen LogP contribution in [0, 0.1) is 0 Å². The maximum absolute atomic E-state index is 12.3. The van der Waals surface area contributed by atoms with E-state index in [1.807, 2.05) is 54.3 Å². The molecule has 4 heteroatoms. The van der Waals surface area contributed by atoms with Crippen molar-refractivity contribution in [2.24, 2.45) is 0 Å². The molecule has 0 aliphatic heterocycles. The van der Waals surface area contributed by atoms with Crippen molar-refractivity contribution in [2.45, 2.75) is 19.9 Å². The zero-order chi connectivity index (χ0) is 16.5. The van der Waals surface area contributed by atoms with E-state index < -0.39 is 0 Å². The summed E-state index contributed by atoms with van der Waals surface area (Å²) in [6.07, 6.45) is 0.862. The zero-order valence-corrected chi connectivity index (χ0v) is 13.8. The average molecular weight is 312 g/mol. The maximum Gasteiger partial charge on any atom is 0.317 e. The van der Waals surface area contributed by atoms with Crippen LogP contribution in [0.15, 0.2) is 54.6 Å². The van der Waals surface area contributed by atoms with Gasteiger partial charge in [0.25, 0.3) is 0 Å². The van der Waals surface area contributed by atoms with Crippen molar-refractivity contribution >= 4 is 6.03 Å². The third-order valence-corrected chi connectivity index (χ3v) is 3.76. The number of rotatable bonds is 7. The van der Waals surface area contributed by atoms with Crippen molar-refractivity contribution in [2.75, 3.05) is 20.2 Å². The standard InChI is InChI=1S/C19H24N2O2/c1-3-21(13-12-16-8-5-4-6-9-16)19(22)20-15-17-10-7-11-18(14-17)23-2/h4-11,14H,3,12-13,15H2,1-2H3,(H,20,22). The van der Waals surface area contributed by atoms with Crippen LogP contribution in [0.4, 0.5) is 4.79 Å². The second-order valence-electron chi connectivity index (χ2n) is 5.33. The molecule has 0 radical (unpaired) electrons. The summed E-state index contributed by atoms with van der Waals surface area (Å²) in [6, 6.07) is 17.9. The van der Waals surface area contributed by atoms with Gasteiger partial charge in [-0.2, -0.15) is 0 Å². The van der Waals surface area contributed by atoms with E-state index in [0.29, 0.717) is 19.6 Å². The van der Waals surface area contributed by atoms with E-state index in [2.05, 4.69) is 17.4 Å². The molecule has 23 heavy (non-hydrogen) atoms. The molecular weight excluding hydrogens is 288 g/mol. The Morgan fingerprint density at radius 1 is 1.09 bits per heavy atom. The van der Waals surface area contributed by atoms with Crippen LogP contribution in [-0.2, 0) is 13.0 Å². The van der Waals surface area contributed by atoms with E-state index in [0.717, 1.165) is 17.7 Å². The van der Waals surface area contributed by atoms with Crippen LogP contribution in [0.25, 0.3) is 0 Å². The van der Waals surface area contributed by atoms with Gasteiger partial charge in [-0.3, -0.25) is 0 Å². The monoisotopic (exact) mass is 312 g/mol. The fraction of sp³-hybridized carbons (Fsp3) is 0.316. The van der Waals surface area contributed by atoms with Crippen LogP contribution in [0.3, 0.4) is 0 Å². The second-order valence-corrected chi connectivity index (χ2v) is 5.33. The summed E-state index contributed by atoms with van der Waals surface area (Å²) in [6.45, 7) is 3.90. The Labute approximate surface area is 138 Å². The first-order chi connectivity index (χ1) is 11.2. The summed E-state index contributed by atoms with van der Waals surface area (Å²) < 4.78 is 5.19. The van der Waals surface area contributed by atoms with E-state index in [1.165, 1.54) is 5.56 Å². The van der Waals surface area contributed by atoms with Crippen molar-refractivity contribution < 1.29 is 9.53 Å². The Kier molecular flexibility index (Phi) is 6.48. The number of hydrogen-bond acceptors (Lipinski definition) is 2. The normalized spacial score (nSPS) is 10.2. The molecule has 0 aromatic heterocycles. The molecule has 0 aliphatic rings. The van der Waals surface area contributed by atoms with E-state index >= 15 is 0 Å². The van der Waals surface area contributed by atoms with Crippen LogP contribution in [0.1, 0.15) is 18.1 Å². The lowest BCUT2D eigenvalue weighted by molar-refractivity contribution is 0.200. The lowest BCUT2D eigenvalue weighted by atomic mass is 10.1. The second kappa shape index (κ2) is 8.83. The highest BCUT2D eigenvalue weighted by Crippen LogP contribution is 2.12. The predicted octanol–water partition coefficient (Wildman–Crippen LogP) is 3.47. The molecule has 0 bridgehead atoms. The van der Waals surface area contributed by atoms with E-state index in [-0.39, 0.29) is 6.03 Å². The number of nitrogens with zero attached hydrogens (tertiary/aromatic N) is 1. The highest BCUT2D eigenvalue weighted by atomic mass is 16.5. The van der Waals surface area contributed by atoms with Gasteiger partial charge in [0.2, 0.25) is 0 Å². The third kappa shape index (κ3) is 5.33. The molecule has 0 atom stereocenters. The first-order valence-electron chi connectivity index (χ1n) is 7.92. The first kappa shape index (κ1) is 16.9. The molecule has 2 aromatic carbocycles. The van der Waals surface area contributed by atoms with Crippen molar-refractivity contribution in [3.63, 3.8) is 0 Å². The van der Waals surface area contributed by atoms with Crippen LogP contribution in [-0.4, -0.2) is 31.1 Å². The van der Waals surface area contributed by atoms with Crippen molar-refractivity contribution in [3.8, 4) is 5.75 Å². The predicted molar refractivity (Wildman–Crippen MR) is 92.6 cm³/mol. The summed E-state index contributed by atoms with van der Waals surface area (Å²) in [4.78, 5) is 14.1. The number of methoxy groups -OCH3 is 1. The lowest BCUT2D eigenvalue weighted by Crippen LogP contribution is -2.40. The topological polar surface area (TPSA) is 41.6 Å². The number of likely N-dealkylation sites (N-methyl/N-ethyl adjacent to an activating group) is 1. The minimum Gasteiger partial charge on any atom is -0.497 e. The summed E-state index contributed by atoms with van der Waals surface area (Å²) in [7, 11) is 1.64. The molecular formula is C19H24N2O2. The zero-order valence-electron chi connectivity index (χ0n) is 13.8. The molecule has 2 aromatic rings. The third-order valence-electron chi connectivity index (χ3n) is 3.76. The van der Waals surface area contributed by atoms with Gasteiger partial charge in [0.05, 0.1) is 7.11 Å². The largest absolute Gasteiger partial charge is 0.497 e.